The number of aromatic nitrogens is 4. The van der Waals surface area contributed by atoms with Gasteiger partial charge in [0.05, 0.1) is 11.1 Å². The van der Waals surface area contributed by atoms with Gasteiger partial charge in [-0.1, -0.05) is 42.8 Å². The van der Waals surface area contributed by atoms with Gasteiger partial charge < -0.3 is 5.32 Å². The Bertz CT molecular complexity index is 1000. The minimum atomic E-state index is -0.697. The third-order valence-electron chi connectivity index (χ3n) is 5.24. The van der Waals surface area contributed by atoms with Crippen molar-refractivity contribution in [2.75, 3.05) is 11.6 Å². The van der Waals surface area contributed by atoms with Crippen LogP contribution in [0.1, 0.15) is 31.2 Å². The van der Waals surface area contributed by atoms with Crippen molar-refractivity contribution in [2.24, 2.45) is 0 Å². The summed E-state index contributed by atoms with van der Waals surface area (Å²) in [6.45, 7) is 0. The van der Waals surface area contributed by atoms with Crippen molar-refractivity contribution in [2.45, 2.75) is 36.3 Å². The van der Waals surface area contributed by atoms with Crippen LogP contribution >= 0.6 is 11.8 Å². The predicted molar refractivity (Wildman–Crippen MR) is 106 cm³/mol. The number of nitrogens with one attached hydrogen (secondary N) is 1. The van der Waals surface area contributed by atoms with E-state index in [4.69, 9.17) is 0 Å². The average molecular weight is 397 g/mol. The Hall–Kier alpha value is -2.74. The van der Waals surface area contributed by atoms with E-state index in [2.05, 4.69) is 20.8 Å². The molecule has 1 aliphatic carbocycles. The lowest BCUT2D eigenvalue weighted by molar-refractivity contribution is -0.121. The Morgan fingerprint density at radius 1 is 1.18 bits per heavy atom. The number of rotatable bonds is 5. The smallest absolute Gasteiger partial charge is 0.235 e. The normalized spacial score (nSPS) is 15.5. The lowest BCUT2D eigenvalue weighted by atomic mass is 9.78. The van der Waals surface area contributed by atoms with Crippen molar-refractivity contribution < 1.29 is 9.18 Å². The van der Waals surface area contributed by atoms with E-state index >= 15 is 0 Å². The first-order valence-corrected chi connectivity index (χ1v) is 10.4. The first-order chi connectivity index (χ1) is 13.6. The number of hydrogen-bond acceptors (Lipinski definition) is 5. The van der Waals surface area contributed by atoms with E-state index in [1.807, 2.05) is 36.6 Å². The van der Waals surface area contributed by atoms with Crippen LogP contribution in [0.3, 0.4) is 0 Å². The van der Waals surface area contributed by atoms with Crippen LogP contribution in [0.5, 0.6) is 0 Å². The topological polar surface area (TPSA) is 72.7 Å². The second kappa shape index (κ2) is 7.71. The van der Waals surface area contributed by atoms with Crippen LogP contribution in [-0.4, -0.2) is 32.4 Å². The molecule has 144 valence electrons. The average Bonchev–Trinajstić information content (AvgIpc) is 3.38. The van der Waals surface area contributed by atoms with Gasteiger partial charge in [0.2, 0.25) is 11.1 Å². The van der Waals surface area contributed by atoms with Gasteiger partial charge >= 0.3 is 0 Å². The van der Waals surface area contributed by atoms with Gasteiger partial charge in [-0.3, -0.25) is 4.79 Å². The van der Waals surface area contributed by atoms with Gasteiger partial charge in [0, 0.05) is 5.69 Å². The van der Waals surface area contributed by atoms with Gasteiger partial charge in [-0.25, -0.2) is 4.39 Å². The van der Waals surface area contributed by atoms with Crippen molar-refractivity contribution in [1.82, 2.24) is 20.2 Å². The number of thioether (sulfide) groups is 1. The van der Waals surface area contributed by atoms with Crippen molar-refractivity contribution in [3.05, 3.63) is 59.9 Å². The number of halogens is 1. The fourth-order valence-corrected chi connectivity index (χ4v) is 4.28. The van der Waals surface area contributed by atoms with E-state index in [9.17, 15) is 9.18 Å². The molecular formula is C20H20FN5OS. The zero-order chi connectivity index (χ0) is 19.6. The van der Waals surface area contributed by atoms with E-state index in [1.165, 1.54) is 23.9 Å². The summed E-state index contributed by atoms with van der Waals surface area (Å²) in [6.07, 6.45) is 5.23. The molecule has 1 amide bonds. The maximum absolute atomic E-state index is 13.8. The molecule has 1 aromatic heterocycles. The molecule has 1 heterocycles. The van der Waals surface area contributed by atoms with E-state index in [0.717, 1.165) is 24.1 Å². The Balaban J connectivity index is 1.63. The molecular weight excluding hydrogens is 377 g/mol. The Labute approximate surface area is 166 Å². The van der Waals surface area contributed by atoms with Crippen molar-refractivity contribution in [1.29, 1.82) is 0 Å². The van der Waals surface area contributed by atoms with Crippen molar-refractivity contribution >= 4 is 23.4 Å². The molecule has 0 spiro atoms. The van der Waals surface area contributed by atoms with Gasteiger partial charge in [-0.2, -0.15) is 4.68 Å². The number of nitrogens with zero attached hydrogens (tertiary/aromatic N) is 4. The number of tetrazole rings is 1. The fraction of sp³-hybridized carbons (Fsp3) is 0.300. The van der Waals surface area contributed by atoms with E-state index < -0.39 is 5.41 Å². The van der Waals surface area contributed by atoms with E-state index in [-0.39, 0.29) is 11.7 Å². The van der Waals surface area contributed by atoms with E-state index in [1.54, 1.807) is 10.7 Å². The predicted octanol–water partition coefficient (Wildman–Crippen LogP) is 3.97. The first kappa shape index (κ1) is 18.6. The minimum absolute atomic E-state index is 0.102. The van der Waals surface area contributed by atoms with Crippen molar-refractivity contribution in [3.63, 3.8) is 0 Å². The molecule has 2 aromatic carbocycles. The summed E-state index contributed by atoms with van der Waals surface area (Å²) in [5, 5.41) is 15.4. The second-order valence-electron chi connectivity index (χ2n) is 6.88. The highest BCUT2D eigenvalue weighted by atomic mass is 32.2. The lowest BCUT2D eigenvalue weighted by Crippen LogP contribution is -2.38. The van der Waals surface area contributed by atoms with Crippen molar-refractivity contribution in [3.8, 4) is 5.69 Å². The molecule has 8 heteroatoms. The lowest BCUT2D eigenvalue weighted by Gasteiger charge is -2.28. The third-order valence-corrected chi connectivity index (χ3v) is 5.86. The van der Waals surface area contributed by atoms with Gasteiger partial charge in [-0.05, 0) is 65.4 Å². The van der Waals surface area contributed by atoms with Crippen LogP contribution in [0.2, 0.25) is 0 Å². The molecule has 0 bridgehead atoms. The van der Waals surface area contributed by atoms with Crippen LogP contribution in [0.15, 0.2) is 53.7 Å². The van der Waals surface area contributed by atoms with E-state index in [0.29, 0.717) is 23.7 Å². The summed E-state index contributed by atoms with van der Waals surface area (Å²) in [5.74, 6) is -0.420. The van der Waals surface area contributed by atoms with Gasteiger partial charge in [-0.15, -0.1) is 5.10 Å². The standard InChI is InChI=1S/C20H20FN5OS/c1-28-19-23-24-25-26(19)17-9-5-8-16(13-17)22-18(27)20(10-2-3-11-20)14-6-4-7-15(21)12-14/h4-9,12-13H,2-3,10-11H2,1H3,(H,22,27). The quantitative estimate of drug-likeness (QED) is 0.660. The molecule has 1 aliphatic rings. The zero-order valence-corrected chi connectivity index (χ0v) is 16.2. The summed E-state index contributed by atoms with van der Waals surface area (Å²) in [4.78, 5) is 13.3. The van der Waals surface area contributed by atoms with Crippen LogP contribution in [0, 0.1) is 5.82 Å². The maximum atomic E-state index is 13.8. The molecule has 0 radical (unpaired) electrons. The molecule has 3 aromatic rings. The summed E-state index contributed by atoms with van der Waals surface area (Å²) >= 11 is 1.44. The molecule has 1 N–H and O–H groups in total. The third kappa shape index (κ3) is 3.40. The summed E-state index contributed by atoms with van der Waals surface area (Å²) < 4.78 is 15.4. The number of carbonyl (C=O) groups excluding carboxylic acids is 1. The number of hydrogen-bond donors (Lipinski definition) is 1. The van der Waals surface area contributed by atoms with Gasteiger partial charge in [0.1, 0.15) is 5.82 Å². The molecule has 6 nitrogen and oxygen atoms in total. The highest BCUT2D eigenvalue weighted by molar-refractivity contribution is 7.98. The molecule has 28 heavy (non-hydrogen) atoms. The molecule has 4 rings (SSSR count). The van der Waals surface area contributed by atoms with Gasteiger partial charge in [0.25, 0.3) is 0 Å². The number of carbonyl (C=O) groups is 1. The summed E-state index contributed by atoms with van der Waals surface area (Å²) in [7, 11) is 0. The molecule has 0 unspecified atom stereocenters. The SMILES string of the molecule is CSc1nnnn1-c1cccc(NC(=O)C2(c3cccc(F)c3)CCCC2)c1. The van der Waals surface area contributed by atoms with Crippen LogP contribution in [-0.2, 0) is 10.2 Å². The molecule has 0 aliphatic heterocycles. The Morgan fingerprint density at radius 3 is 2.71 bits per heavy atom. The maximum Gasteiger partial charge on any atom is 0.235 e. The van der Waals surface area contributed by atoms with Crippen LogP contribution < -0.4 is 5.32 Å². The second-order valence-corrected chi connectivity index (χ2v) is 7.65. The summed E-state index contributed by atoms with van der Waals surface area (Å²) in [6, 6.07) is 13.8. The zero-order valence-electron chi connectivity index (χ0n) is 15.4. The Kier molecular flexibility index (Phi) is 5.13. The number of benzene rings is 2. The minimum Gasteiger partial charge on any atom is -0.325 e. The molecule has 0 atom stereocenters. The largest absolute Gasteiger partial charge is 0.325 e. The number of anilines is 1. The Morgan fingerprint density at radius 2 is 1.96 bits per heavy atom. The monoisotopic (exact) mass is 397 g/mol. The fourth-order valence-electron chi connectivity index (χ4n) is 3.85. The molecule has 0 saturated heterocycles. The van der Waals surface area contributed by atoms with Gasteiger partial charge in [0.15, 0.2) is 0 Å². The molecule has 1 fully saturated rings. The van der Waals surface area contributed by atoms with Crippen LogP contribution in [0.25, 0.3) is 5.69 Å². The summed E-state index contributed by atoms with van der Waals surface area (Å²) in [5.41, 5.74) is 1.46. The number of amides is 1. The highest BCUT2D eigenvalue weighted by Gasteiger charge is 2.42. The van der Waals surface area contributed by atoms with Crippen LogP contribution in [0.4, 0.5) is 10.1 Å². The first-order valence-electron chi connectivity index (χ1n) is 9.13. The highest BCUT2D eigenvalue weighted by Crippen LogP contribution is 2.42. The molecule has 1 saturated carbocycles.